The van der Waals surface area contributed by atoms with Crippen LogP contribution >= 0.6 is 11.3 Å². The average Bonchev–Trinajstić information content (AvgIpc) is 3.02. The Morgan fingerprint density at radius 1 is 1.52 bits per heavy atom. The van der Waals surface area contributed by atoms with Crippen LogP contribution in [0.4, 0.5) is 18.3 Å². The molecule has 10 heteroatoms. The third-order valence-electron chi connectivity index (χ3n) is 3.04. The molecule has 0 fully saturated rings. The van der Waals surface area contributed by atoms with Gasteiger partial charge in [-0.15, -0.1) is 11.3 Å². The van der Waals surface area contributed by atoms with Crippen molar-refractivity contribution >= 4 is 22.4 Å². The molecule has 23 heavy (non-hydrogen) atoms. The molecule has 0 radical (unpaired) electrons. The number of rotatable bonds is 5. The van der Waals surface area contributed by atoms with Crippen LogP contribution in [-0.2, 0) is 12.7 Å². The van der Waals surface area contributed by atoms with Gasteiger partial charge in [0, 0.05) is 18.5 Å². The van der Waals surface area contributed by atoms with E-state index >= 15 is 0 Å². The van der Waals surface area contributed by atoms with Gasteiger partial charge >= 0.3 is 6.18 Å². The van der Waals surface area contributed by atoms with Crippen molar-refractivity contribution in [2.45, 2.75) is 26.6 Å². The molecule has 0 saturated heterocycles. The molecule has 2 rings (SSSR count). The molecule has 1 amide bonds. The van der Waals surface area contributed by atoms with E-state index < -0.39 is 17.8 Å². The number of nitrogens with one attached hydrogen (secondary N) is 1. The number of nitrogens with zero attached hydrogens (tertiary/aromatic N) is 3. The van der Waals surface area contributed by atoms with Crippen molar-refractivity contribution in [3.63, 3.8) is 0 Å². The van der Waals surface area contributed by atoms with Crippen molar-refractivity contribution in [1.82, 2.24) is 20.1 Å². The molecule has 0 saturated carbocycles. The van der Waals surface area contributed by atoms with Crippen molar-refractivity contribution in [2.75, 3.05) is 12.3 Å². The third kappa shape index (κ3) is 4.44. The molecular weight excluding hydrogens is 331 g/mol. The fourth-order valence-electron chi connectivity index (χ4n) is 2.02. The molecule has 2 aromatic rings. The standard InChI is InChI=1S/C13H16F3N5OS/c1-7(4-18-11(22)9-6-23-12(17)19-9)5-21-10(13(14,15)16)3-8(2)20-21/h3,6-7H,4-5H2,1-2H3,(H2,17,19)(H,18,22)/t7-/m1/s1. The third-order valence-corrected chi connectivity index (χ3v) is 3.72. The summed E-state index contributed by atoms with van der Waals surface area (Å²) in [5.41, 5.74) is 5.15. The second-order valence-corrected chi connectivity index (χ2v) is 6.13. The van der Waals surface area contributed by atoms with E-state index in [1.807, 2.05) is 0 Å². The lowest BCUT2D eigenvalue weighted by Crippen LogP contribution is -2.31. The predicted molar refractivity (Wildman–Crippen MR) is 80.0 cm³/mol. The zero-order valence-electron chi connectivity index (χ0n) is 12.5. The quantitative estimate of drug-likeness (QED) is 0.869. The Morgan fingerprint density at radius 2 is 2.22 bits per heavy atom. The Bertz CT molecular complexity index is 694. The molecule has 6 nitrogen and oxygen atoms in total. The molecule has 0 aromatic carbocycles. The van der Waals surface area contributed by atoms with Crippen LogP contribution < -0.4 is 11.1 Å². The van der Waals surface area contributed by atoms with Gasteiger partial charge in [0.1, 0.15) is 11.4 Å². The Labute approximate surface area is 134 Å². The van der Waals surface area contributed by atoms with Gasteiger partial charge in [0.2, 0.25) is 0 Å². The maximum atomic E-state index is 12.9. The maximum Gasteiger partial charge on any atom is 0.433 e. The summed E-state index contributed by atoms with van der Waals surface area (Å²) in [6.07, 6.45) is -4.46. The molecule has 126 valence electrons. The smallest absolute Gasteiger partial charge is 0.375 e. The maximum absolute atomic E-state index is 12.9. The lowest BCUT2D eigenvalue weighted by molar-refractivity contribution is -0.144. The Kier molecular flexibility index (Phi) is 4.93. The number of aromatic nitrogens is 3. The number of nitrogen functional groups attached to an aromatic ring is 1. The number of alkyl halides is 3. The molecule has 0 aliphatic rings. The number of hydrogen-bond donors (Lipinski definition) is 2. The van der Waals surface area contributed by atoms with Crippen LogP contribution in [0, 0.1) is 12.8 Å². The second-order valence-electron chi connectivity index (χ2n) is 5.24. The number of halogens is 3. The highest BCUT2D eigenvalue weighted by molar-refractivity contribution is 7.13. The average molecular weight is 347 g/mol. The summed E-state index contributed by atoms with van der Waals surface area (Å²) in [6.45, 7) is 3.48. The highest BCUT2D eigenvalue weighted by Gasteiger charge is 2.35. The Hall–Kier alpha value is -2.10. The minimum atomic E-state index is -4.46. The number of aryl methyl sites for hydroxylation is 1. The van der Waals surface area contributed by atoms with Crippen LogP contribution in [0.2, 0.25) is 0 Å². The zero-order valence-corrected chi connectivity index (χ0v) is 13.3. The van der Waals surface area contributed by atoms with E-state index in [9.17, 15) is 18.0 Å². The monoisotopic (exact) mass is 347 g/mol. The lowest BCUT2D eigenvalue weighted by Gasteiger charge is -2.15. The summed E-state index contributed by atoms with van der Waals surface area (Å²) in [6, 6.07) is 1.00. The molecule has 0 unspecified atom stereocenters. The minimum Gasteiger partial charge on any atom is -0.375 e. The molecule has 1 atom stereocenters. The number of nitrogens with two attached hydrogens (primary N) is 1. The molecule has 0 spiro atoms. The van der Waals surface area contributed by atoms with Crippen LogP contribution in [0.25, 0.3) is 0 Å². The van der Waals surface area contributed by atoms with Gasteiger partial charge in [-0.2, -0.15) is 18.3 Å². The SMILES string of the molecule is Cc1cc(C(F)(F)F)n(C[C@H](C)CNC(=O)c2csc(N)n2)n1. The number of carbonyl (C=O) groups excluding carboxylic acids is 1. The lowest BCUT2D eigenvalue weighted by atomic mass is 10.2. The van der Waals surface area contributed by atoms with Crippen LogP contribution in [0.15, 0.2) is 11.4 Å². The van der Waals surface area contributed by atoms with Gasteiger partial charge in [-0.25, -0.2) is 4.98 Å². The molecular formula is C13H16F3N5OS. The van der Waals surface area contributed by atoms with Gasteiger partial charge in [0.05, 0.1) is 5.69 Å². The van der Waals surface area contributed by atoms with Gasteiger partial charge in [0.25, 0.3) is 5.91 Å². The molecule has 0 aliphatic carbocycles. The fraction of sp³-hybridized carbons (Fsp3) is 0.462. The number of hydrogen-bond acceptors (Lipinski definition) is 5. The van der Waals surface area contributed by atoms with E-state index in [-0.39, 0.29) is 29.8 Å². The van der Waals surface area contributed by atoms with Gasteiger partial charge in [-0.1, -0.05) is 6.92 Å². The summed E-state index contributed by atoms with van der Waals surface area (Å²) in [4.78, 5) is 15.7. The first-order valence-corrected chi connectivity index (χ1v) is 7.65. The largest absolute Gasteiger partial charge is 0.433 e. The first-order valence-electron chi connectivity index (χ1n) is 6.77. The number of amides is 1. The molecule has 3 N–H and O–H groups in total. The second kappa shape index (κ2) is 6.57. The van der Waals surface area contributed by atoms with E-state index in [0.717, 1.165) is 22.1 Å². The molecule has 2 heterocycles. The van der Waals surface area contributed by atoms with Crippen LogP contribution in [0.5, 0.6) is 0 Å². The van der Waals surface area contributed by atoms with Gasteiger partial charge in [-0.3, -0.25) is 9.48 Å². The van der Waals surface area contributed by atoms with E-state index in [2.05, 4.69) is 15.4 Å². The van der Waals surface area contributed by atoms with Crippen molar-refractivity contribution in [2.24, 2.45) is 5.92 Å². The highest BCUT2D eigenvalue weighted by Crippen LogP contribution is 2.30. The summed E-state index contributed by atoms with van der Waals surface area (Å²) >= 11 is 1.14. The van der Waals surface area contributed by atoms with E-state index in [0.29, 0.717) is 5.69 Å². The van der Waals surface area contributed by atoms with Crippen molar-refractivity contribution in [3.05, 3.63) is 28.5 Å². The molecule has 2 aromatic heterocycles. The van der Waals surface area contributed by atoms with Crippen molar-refractivity contribution in [1.29, 1.82) is 0 Å². The van der Waals surface area contributed by atoms with Gasteiger partial charge in [0.15, 0.2) is 5.13 Å². The van der Waals surface area contributed by atoms with Gasteiger partial charge in [-0.05, 0) is 18.9 Å². The first kappa shape index (κ1) is 17.3. The van der Waals surface area contributed by atoms with E-state index in [1.54, 1.807) is 6.92 Å². The van der Waals surface area contributed by atoms with Gasteiger partial charge < -0.3 is 11.1 Å². The number of thiazole rings is 1. The summed E-state index contributed by atoms with van der Waals surface area (Å²) in [7, 11) is 0. The predicted octanol–water partition coefficient (Wildman–Crippen LogP) is 2.32. The highest BCUT2D eigenvalue weighted by atomic mass is 32.1. The zero-order chi connectivity index (χ0) is 17.2. The summed E-state index contributed by atoms with van der Waals surface area (Å²) < 4.78 is 39.6. The fourth-order valence-corrected chi connectivity index (χ4v) is 2.57. The minimum absolute atomic E-state index is 0.0438. The molecule has 0 aliphatic heterocycles. The van der Waals surface area contributed by atoms with E-state index in [4.69, 9.17) is 5.73 Å². The van der Waals surface area contributed by atoms with Crippen LogP contribution in [0.3, 0.4) is 0 Å². The van der Waals surface area contributed by atoms with Crippen LogP contribution in [0.1, 0.15) is 28.8 Å². The molecule has 0 bridgehead atoms. The van der Waals surface area contributed by atoms with E-state index in [1.165, 1.54) is 12.3 Å². The first-order chi connectivity index (χ1) is 10.7. The van der Waals surface area contributed by atoms with Crippen molar-refractivity contribution in [3.8, 4) is 0 Å². The summed E-state index contributed by atoms with van der Waals surface area (Å²) in [5.74, 6) is -0.646. The summed E-state index contributed by atoms with van der Waals surface area (Å²) in [5, 5.41) is 8.29. The topological polar surface area (TPSA) is 85.8 Å². The Morgan fingerprint density at radius 3 is 2.78 bits per heavy atom. The normalized spacial score (nSPS) is 13.1. The number of anilines is 1. The van der Waals surface area contributed by atoms with Crippen LogP contribution in [-0.4, -0.2) is 27.2 Å². The Balaban J connectivity index is 1.95. The van der Waals surface area contributed by atoms with Crippen molar-refractivity contribution < 1.29 is 18.0 Å². The number of carbonyl (C=O) groups is 1.